The van der Waals surface area contributed by atoms with E-state index in [0.717, 1.165) is 35.9 Å². The molecule has 0 atom stereocenters. The second-order valence-corrected chi connectivity index (χ2v) is 9.66. The zero-order chi connectivity index (χ0) is 19.2. The molecule has 1 aromatic carbocycles. The van der Waals surface area contributed by atoms with E-state index in [1.165, 1.54) is 40.0 Å². The molecule has 0 saturated heterocycles. The van der Waals surface area contributed by atoms with Crippen molar-refractivity contribution in [2.24, 2.45) is 0 Å². The van der Waals surface area contributed by atoms with Crippen LogP contribution in [-0.4, -0.2) is 30.1 Å². The largest absolute Gasteiger partial charge is 0.325 e. The molecule has 0 saturated carbocycles. The van der Waals surface area contributed by atoms with Gasteiger partial charge in [0.1, 0.15) is 11.4 Å². The van der Waals surface area contributed by atoms with Crippen molar-refractivity contribution >= 4 is 43.0 Å². The smallest absolute Gasteiger partial charge is 0.262 e. The maximum atomic E-state index is 12.8. The lowest BCUT2D eigenvalue weighted by molar-refractivity contribution is -0.116. The quantitative estimate of drug-likeness (QED) is 0.718. The van der Waals surface area contributed by atoms with Crippen molar-refractivity contribution in [3.63, 3.8) is 0 Å². The Balaban J connectivity index is 1.55. The van der Waals surface area contributed by atoms with Crippen LogP contribution >= 0.6 is 11.3 Å². The molecule has 2 heterocycles. The Hall–Kier alpha value is -2.52. The van der Waals surface area contributed by atoms with Gasteiger partial charge in [-0.15, -0.1) is 11.3 Å². The van der Waals surface area contributed by atoms with E-state index in [-0.39, 0.29) is 22.9 Å². The first-order valence-electron chi connectivity index (χ1n) is 8.42. The van der Waals surface area contributed by atoms with E-state index in [9.17, 15) is 18.0 Å². The molecule has 0 fully saturated rings. The van der Waals surface area contributed by atoms with Crippen LogP contribution in [0.1, 0.15) is 16.9 Å². The van der Waals surface area contributed by atoms with Gasteiger partial charge >= 0.3 is 0 Å². The monoisotopic (exact) mass is 403 g/mol. The van der Waals surface area contributed by atoms with E-state index >= 15 is 0 Å². The van der Waals surface area contributed by atoms with Gasteiger partial charge in [-0.2, -0.15) is 0 Å². The fourth-order valence-corrected chi connectivity index (χ4v) is 5.12. The molecule has 0 radical (unpaired) electrons. The van der Waals surface area contributed by atoms with Crippen LogP contribution in [0.3, 0.4) is 0 Å². The fraction of sp³-hybridized carbons (Fsp3) is 0.278. The summed E-state index contributed by atoms with van der Waals surface area (Å²) in [6, 6.07) is 5.90. The number of nitrogens with zero attached hydrogens (tertiary/aromatic N) is 2. The average molecular weight is 403 g/mol. The molecule has 9 heteroatoms. The molecule has 1 amide bonds. The summed E-state index contributed by atoms with van der Waals surface area (Å²) in [6.07, 6.45) is 5.45. The number of nitrogens with one attached hydrogen (secondary N) is 1. The van der Waals surface area contributed by atoms with Crippen LogP contribution in [0, 0.1) is 0 Å². The summed E-state index contributed by atoms with van der Waals surface area (Å²) in [6.45, 7) is -0.153. The minimum Gasteiger partial charge on any atom is -0.325 e. The van der Waals surface area contributed by atoms with Crippen molar-refractivity contribution in [2.45, 2.75) is 30.7 Å². The number of thiophene rings is 1. The molecule has 7 nitrogen and oxygen atoms in total. The van der Waals surface area contributed by atoms with Crippen LogP contribution in [0.4, 0.5) is 5.69 Å². The molecule has 140 valence electrons. The van der Waals surface area contributed by atoms with Crippen LogP contribution in [-0.2, 0) is 34.0 Å². The van der Waals surface area contributed by atoms with E-state index < -0.39 is 9.84 Å². The van der Waals surface area contributed by atoms with Gasteiger partial charge in [-0.3, -0.25) is 14.2 Å². The standard InChI is InChI=1S/C18H17N3O4S2/c1-27(24,25)12-7-5-11(6-8-12)20-15(22)9-21-10-19-17-16(18(21)23)13-3-2-4-14(13)26-17/h5-8,10H,2-4,9H2,1H3,(H,20,22). The number of carbonyl (C=O) groups is 1. The Morgan fingerprint density at radius 2 is 2.00 bits per heavy atom. The van der Waals surface area contributed by atoms with Crippen molar-refractivity contribution in [3.05, 3.63) is 51.4 Å². The van der Waals surface area contributed by atoms with Gasteiger partial charge in [0.25, 0.3) is 5.56 Å². The average Bonchev–Trinajstić information content (AvgIpc) is 3.18. The van der Waals surface area contributed by atoms with Gasteiger partial charge in [-0.25, -0.2) is 13.4 Å². The molecular weight excluding hydrogens is 386 g/mol. The van der Waals surface area contributed by atoms with Gasteiger partial charge in [-0.1, -0.05) is 0 Å². The lowest BCUT2D eigenvalue weighted by Crippen LogP contribution is -2.28. The number of sulfone groups is 1. The summed E-state index contributed by atoms with van der Waals surface area (Å²) in [7, 11) is -3.29. The van der Waals surface area contributed by atoms with Gasteiger partial charge in [0, 0.05) is 16.8 Å². The first-order chi connectivity index (χ1) is 12.8. The number of benzene rings is 1. The summed E-state index contributed by atoms with van der Waals surface area (Å²) >= 11 is 1.56. The van der Waals surface area contributed by atoms with Crippen molar-refractivity contribution in [2.75, 3.05) is 11.6 Å². The van der Waals surface area contributed by atoms with Crippen LogP contribution in [0.2, 0.25) is 0 Å². The number of hydrogen-bond donors (Lipinski definition) is 1. The maximum absolute atomic E-state index is 12.8. The number of fused-ring (bicyclic) bond motifs is 3. The second kappa shape index (κ2) is 6.58. The third kappa shape index (κ3) is 3.40. The lowest BCUT2D eigenvalue weighted by Gasteiger charge is -2.08. The molecule has 27 heavy (non-hydrogen) atoms. The molecule has 4 rings (SSSR count). The molecular formula is C18H17N3O4S2. The number of rotatable bonds is 4. The molecule has 2 aromatic heterocycles. The predicted molar refractivity (Wildman–Crippen MR) is 104 cm³/mol. The Kier molecular flexibility index (Phi) is 4.35. The van der Waals surface area contributed by atoms with E-state index in [1.54, 1.807) is 11.3 Å². The molecule has 1 aliphatic carbocycles. The SMILES string of the molecule is CS(=O)(=O)c1ccc(NC(=O)Cn2cnc3sc4c(c3c2=O)CCC4)cc1. The number of aromatic nitrogens is 2. The Morgan fingerprint density at radius 1 is 1.26 bits per heavy atom. The van der Waals surface area contributed by atoms with Crippen LogP contribution in [0.5, 0.6) is 0 Å². The van der Waals surface area contributed by atoms with Gasteiger partial charge in [0.2, 0.25) is 5.91 Å². The third-order valence-corrected chi connectivity index (χ3v) is 6.90. The van der Waals surface area contributed by atoms with Crippen LogP contribution < -0.4 is 10.9 Å². The number of hydrogen-bond acceptors (Lipinski definition) is 6. The molecule has 0 bridgehead atoms. The van der Waals surface area contributed by atoms with Crippen LogP contribution in [0.15, 0.2) is 40.3 Å². The summed E-state index contributed by atoms with van der Waals surface area (Å²) in [5.74, 6) is -0.378. The molecule has 1 aliphatic rings. The van der Waals surface area contributed by atoms with Gasteiger partial charge in [-0.05, 0) is 49.1 Å². The normalized spacial score (nSPS) is 13.7. The minimum atomic E-state index is -3.29. The highest BCUT2D eigenvalue weighted by Gasteiger charge is 2.21. The highest BCUT2D eigenvalue weighted by Crippen LogP contribution is 2.34. The zero-order valence-corrected chi connectivity index (χ0v) is 16.2. The predicted octanol–water partition coefficient (Wildman–Crippen LogP) is 1.99. The lowest BCUT2D eigenvalue weighted by atomic mass is 10.2. The zero-order valence-electron chi connectivity index (χ0n) is 14.6. The second-order valence-electron chi connectivity index (χ2n) is 6.56. The third-order valence-electron chi connectivity index (χ3n) is 4.57. The Labute approximate surface area is 159 Å². The van der Waals surface area contributed by atoms with Gasteiger partial charge in [0.15, 0.2) is 9.84 Å². The fourth-order valence-electron chi connectivity index (χ4n) is 3.27. The molecule has 1 N–H and O–H groups in total. The van der Waals surface area contributed by atoms with E-state index in [1.807, 2.05) is 0 Å². The van der Waals surface area contributed by atoms with Crippen molar-refractivity contribution < 1.29 is 13.2 Å². The summed E-state index contributed by atoms with van der Waals surface area (Å²) in [4.78, 5) is 31.6. The first-order valence-corrected chi connectivity index (χ1v) is 11.1. The van der Waals surface area contributed by atoms with Crippen LogP contribution in [0.25, 0.3) is 10.2 Å². The molecule has 3 aromatic rings. The van der Waals surface area contributed by atoms with Gasteiger partial charge < -0.3 is 5.32 Å². The summed E-state index contributed by atoms with van der Waals surface area (Å²) in [5.41, 5.74) is 1.35. The number of aryl methyl sites for hydroxylation is 2. The van der Waals surface area contributed by atoms with Crippen molar-refractivity contribution in [3.8, 4) is 0 Å². The summed E-state index contributed by atoms with van der Waals surface area (Å²) < 4.78 is 24.3. The highest BCUT2D eigenvalue weighted by atomic mass is 32.2. The van der Waals surface area contributed by atoms with Crippen molar-refractivity contribution in [1.82, 2.24) is 9.55 Å². The molecule has 0 spiro atoms. The Bertz CT molecular complexity index is 1210. The highest BCUT2D eigenvalue weighted by molar-refractivity contribution is 7.90. The number of anilines is 1. The Morgan fingerprint density at radius 3 is 2.70 bits per heavy atom. The molecule has 0 aliphatic heterocycles. The minimum absolute atomic E-state index is 0.153. The number of amides is 1. The maximum Gasteiger partial charge on any atom is 0.262 e. The van der Waals surface area contributed by atoms with E-state index in [2.05, 4.69) is 10.3 Å². The summed E-state index contributed by atoms with van der Waals surface area (Å²) in [5, 5.41) is 3.31. The topological polar surface area (TPSA) is 98.1 Å². The van der Waals surface area contributed by atoms with Gasteiger partial charge in [0.05, 0.1) is 16.6 Å². The number of carbonyl (C=O) groups excluding carboxylic acids is 1. The first kappa shape index (κ1) is 17.9. The molecule has 0 unspecified atom stereocenters. The van der Waals surface area contributed by atoms with E-state index in [4.69, 9.17) is 0 Å². The van der Waals surface area contributed by atoms with E-state index in [0.29, 0.717) is 11.1 Å². The van der Waals surface area contributed by atoms with Crippen molar-refractivity contribution in [1.29, 1.82) is 0 Å².